The molecule has 1 unspecified atom stereocenters. The number of nitrogens with one attached hydrogen (secondary N) is 1. The number of hydrogen-bond donors (Lipinski definition) is 2. The summed E-state index contributed by atoms with van der Waals surface area (Å²) in [5.74, 6) is -1.25. The summed E-state index contributed by atoms with van der Waals surface area (Å²) in [5.41, 5.74) is 2.82. The molecule has 4 nitrogen and oxygen atoms in total. The number of hydrogen-bond acceptors (Lipinski definition) is 2. The van der Waals surface area contributed by atoms with Crippen LogP contribution in [0.4, 0.5) is 5.69 Å². The van der Waals surface area contributed by atoms with Gasteiger partial charge in [-0.1, -0.05) is 49.4 Å². The average Bonchev–Trinajstić information content (AvgIpc) is 2.55. The molecule has 0 fully saturated rings. The van der Waals surface area contributed by atoms with E-state index >= 15 is 0 Å². The van der Waals surface area contributed by atoms with Gasteiger partial charge in [-0.05, 0) is 36.1 Å². The van der Waals surface area contributed by atoms with Crippen LogP contribution in [0, 0.1) is 5.92 Å². The monoisotopic (exact) mass is 311 g/mol. The van der Waals surface area contributed by atoms with E-state index in [0.717, 1.165) is 16.8 Å². The Labute approximate surface area is 136 Å². The fourth-order valence-corrected chi connectivity index (χ4v) is 2.29. The minimum absolute atomic E-state index is 0.0273. The van der Waals surface area contributed by atoms with Gasteiger partial charge in [0.2, 0.25) is 5.91 Å². The predicted molar refractivity (Wildman–Crippen MR) is 90.3 cm³/mol. The van der Waals surface area contributed by atoms with Crippen molar-refractivity contribution in [2.75, 3.05) is 5.32 Å². The van der Waals surface area contributed by atoms with Crippen molar-refractivity contribution in [1.82, 2.24) is 0 Å². The van der Waals surface area contributed by atoms with Crippen LogP contribution in [0.15, 0.2) is 54.6 Å². The Morgan fingerprint density at radius 3 is 2.26 bits per heavy atom. The zero-order chi connectivity index (χ0) is 16.7. The van der Waals surface area contributed by atoms with Crippen LogP contribution in [0.5, 0.6) is 0 Å². The third kappa shape index (κ3) is 5.58. The van der Waals surface area contributed by atoms with E-state index in [0.29, 0.717) is 19.3 Å². The Bertz CT molecular complexity index is 650. The summed E-state index contributed by atoms with van der Waals surface area (Å²) < 4.78 is 0. The van der Waals surface area contributed by atoms with Gasteiger partial charge in [-0.25, -0.2) is 0 Å². The Hall–Kier alpha value is -2.62. The van der Waals surface area contributed by atoms with E-state index < -0.39 is 11.9 Å². The summed E-state index contributed by atoms with van der Waals surface area (Å²) in [6.45, 7) is 1.68. The van der Waals surface area contributed by atoms with Crippen molar-refractivity contribution in [3.63, 3.8) is 0 Å². The van der Waals surface area contributed by atoms with Gasteiger partial charge in [-0.2, -0.15) is 0 Å². The molecule has 0 radical (unpaired) electrons. The van der Waals surface area contributed by atoms with Gasteiger partial charge in [-0.3, -0.25) is 9.59 Å². The summed E-state index contributed by atoms with van der Waals surface area (Å²) in [7, 11) is 0. The standard InChI is InChI=1S/C19H21NO3/c1-14(19(22)23)13-16-7-10-17(11-8-16)20-18(21)12-9-15-5-3-2-4-6-15/h2-8,10-11,14H,9,12-13H2,1H3,(H,20,21)(H,22,23). The van der Waals surface area contributed by atoms with Crippen molar-refractivity contribution < 1.29 is 14.7 Å². The molecule has 2 aromatic carbocycles. The molecule has 0 aliphatic heterocycles. The molecule has 23 heavy (non-hydrogen) atoms. The molecular weight excluding hydrogens is 290 g/mol. The number of carbonyl (C=O) groups is 2. The molecule has 2 N–H and O–H groups in total. The van der Waals surface area contributed by atoms with Crippen LogP contribution < -0.4 is 5.32 Å². The second-order valence-electron chi connectivity index (χ2n) is 5.67. The topological polar surface area (TPSA) is 66.4 Å². The number of carbonyl (C=O) groups excluding carboxylic acids is 1. The molecule has 120 valence electrons. The maximum absolute atomic E-state index is 11.9. The summed E-state index contributed by atoms with van der Waals surface area (Å²) in [4.78, 5) is 22.8. The summed E-state index contributed by atoms with van der Waals surface area (Å²) in [6, 6.07) is 17.2. The first-order valence-corrected chi connectivity index (χ1v) is 7.70. The lowest BCUT2D eigenvalue weighted by Gasteiger charge is -2.08. The van der Waals surface area contributed by atoms with Gasteiger partial charge < -0.3 is 10.4 Å². The number of aliphatic carboxylic acids is 1. The predicted octanol–water partition coefficient (Wildman–Crippen LogP) is 3.52. The zero-order valence-electron chi connectivity index (χ0n) is 13.2. The molecule has 0 heterocycles. The Balaban J connectivity index is 1.83. The van der Waals surface area contributed by atoms with E-state index in [9.17, 15) is 9.59 Å². The SMILES string of the molecule is CC(Cc1ccc(NC(=O)CCc2ccccc2)cc1)C(=O)O. The van der Waals surface area contributed by atoms with Crippen molar-refractivity contribution in [2.45, 2.75) is 26.2 Å². The zero-order valence-corrected chi connectivity index (χ0v) is 13.2. The first-order valence-electron chi connectivity index (χ1n) is 7.70. The van der Waals surface area contributed by atoms with E-state index in [2.05, 4.69) is 5.32 Å². The molecule has 0 saturated carbocycles. The molecule has 0 aliphatic carbocycles. The van der Waals surface area contributed by atoms with Gasteiger partial charge >= 0.3 is 5.97 Å². The molecule has 2 aromatic rings. The number of carboxylic acid groups (broad SMARTS) is 1. The molecule has 0 bridgehead atoms. The lowest BCUT2D eigenvalue weighted by atomic mass is 10.0. The molecule has 1 atom stereocenters. The fraction of sp³-hybridized carbons (Fsp3) is 0.263. The van der Waals surface area contributed by atoms with E-state index in [1.807, 2.05) is 54.6 Å². The first kappa shape index (κ1) is 16.7. The van der Waals surface area contributed by atoms with Crippen LogP contribution >= 0.6 is 0 Å². The van der Waals surface area contributed by atoms with Crippen molar-refractivity contribution in [2.24, 2.45) is 5.92 Å². The second-order valence-corrected chi connectivity index (χ2v) is 5.67. The minimum Gasteiger partial charge on any atom is -0.481 e. The molecule has 0 spiro atoms. The number of benzene rings is 2. The fourth-order valence-electron chi connectivity index (χ4n) is 2.29. The highest BCUT2D eigenvalue weighted by atomic mass is 16.4. The van der Waals surface area contributed by atoms with Crippen LogP contribution in [-0.4, -0.2) is 17.0 Å². The van der Waals surface area contributed by atoms with Gasteiger partial charge in [0.25, 0.3) is 0 Å². The van der Waals surface area contributed by atoms with Gasteiger partial charge in [0.05, 0.1) is 5.92 Å². The molecule has 4 heteroatoms. The molecule has 0 aromatic heterocycles. The molecule has 2 rings (SSSR count). The van der Waals surface area contributed by atoms with Crippen molar-refractivity contribution in [1.29, 1.82) is 0 Å². The Morgan fingerprint density at radius 2 is 1.65 bits per heavy atom. The van der Waals surface area contributed by atoms with Gasteiger partial charge in [0, 0.05) is 12.1 Å². The highest BCUT2D eigenvalue weighted by Crippen LogP contribution is 2.14. The lowest BCUT2D eigenvalue weighted by Crippen LogP contribution is -2.13. The number of aryl methyl sites for hydroxylation is 1. The normalized spacial score (nSPS) is 11.7. The Kier molecular flexibility index (Phi) is 5.92. The maximum atomic E-state index is 11.9. The van der Waals surface area contributed by atoms with Crippen LogP contribution in [0.3, 0.4) is 0 Å². The van der Waals surface area contributed by atoms with Crippen LogP contribution in [-0.2, 0) is 22.4 Å². The van der Waals surface area contributed by atoms with Crippen molar-refractivity contribution in [3.8, 4) is 0 Å². The molecular formula is C19H21NO3. The summed E-state index contributed by atoms with van der Waals surface area (Å²) >= 11 is 0. The molecule has 0 aliphatic rings. The highest BCUT2D eigenvalue weighted by Gasteiger charge is 2.11. The maximum Gasteiger partial charge on any atom is 0.306 e. The van der Waals surface area contributed by atoms with Gasteiger partial charge in [0.1, 0.15) is 0 Å². The van der Waals surface area contributed by atoms with Crippen LogP contribution in [0.1, 0.15) is 24.5 Å². The Morgan fingerprint density at radius 1 is 1.00 bits per heavy atom. The van der Waals surface area contributed by atoms with Crippen molar-refractivity contribution in [3.05, 3.63) is 65.7 Å². The van der Waals surface area contributed by atoms with Gasteiger partial charge in [0.15, 0.2) is 0 Å². The van der Waals surface area contributed by atoms with Gasteiger partial charge in [-0.15, -0.1) is 0 Å². The number of anilines is 1. The quantitative estimate of drug-likeness (QED) is 0.822. The van der Waals surface area contributed by atoms with E-state index in [4.69, 9.17) is 5.11 Å². The number of amides is 1. The third-order valence-electron chi connectivity index (χ3n) is 3.68. The molecule has 0 saturated heterocycles. The van der Waals surface area contributed by atoms with Crippen molar-refractivity contribution >= 4 is 17.6 Å². The number of rotatable bonds is 7. The van der Waals surface area contributed by atoms with E-state index in [1.54, 1.807) is 6.92 Å². The minimum atomic E-state index is -0.803. The largest absolute Gasteiger partial charge is 0.481 e. The summed E-state index contributed by atoms with van der Waals surface area (Å²) in [5, 5.41) is 11.8. The number of carboxylic acids is 1. The van der Waals surface area contributed by atoms with Crippen LogP contribution in [0.2, 0.25) is 0 Å². The van der Waals surface area contributed by atoms with E-state index in [-0.39, 0.29) is 5.91 Å². The first-order chi connectivity index (χ1) is 11.0. The van der Waals surface area contributed by atoms with E-state index in [1.165, 1.54) is 0 Å². The smallest absolute Gasteiger partial charge is 0.306 e. The highest BCUT2D eigenvalue weighted by molar-refractivity contribution is 5.90. The average molecular weight is 311 g/mol. The lowest BCUT2D eigenvalue weighted by molar-refractivity contribution is -0.141. The van der Waals surface area contributed by atoms with Crippen LogP contribution in [0.25, 0.3) is 0 Å². The second kappa shape index (κ2) is 8.13. The third-order valence-corrected chi connectivity index (χ3v) is 3.68. The summed E-state index contributed by atoms with van der Waals surface area (Å²) in [6.07, 6.45) is 1.63. The molecule has 1 amide bonds.